The zero-order chi connectivity index (χ0) is 20.4. The maximum Gasteiger partial charge on any atom is 0.177 e. The second-order valence-electron chi connectivity index (χ2n) is 6.25. The highest BCUT2D eigenvalue weighted by Crippen LogP contribution is 2.19. The molecule has 0 aliphatic rings. The van der Waals surface area contributed by atoms with Gasteiger partial charge in [0.2, 0.25) is 0 Å². The molecule has 10 heteroatoms. The normalized spacial score (nSPS) is 10.9. The van der Waals surface area contributed by atoms with Crippen molar-refractivity contribution in [3.8, 4) is 0 Å². The number of pyridine rings is 2. The lowest BCUT2D eigenvalue weighted by Gasteiger charge is -2.05. The molecule has 0 aliphatic carbocycles. The summed E-state index contributed by atoms with van der Waals surface area (Å²) in [5.41, 5.74) is 3.46. The first-order valence-corrected chi connectivity index (χ1v) is 10.3. The van der Waals surface area contributed by atoms with E-state index in [-0.39, 0.29) is 0 Å². The molecule has 5 aromatic rings. The quantitative estimate of drug-likeness (QED) is 0.375. The van der Waals surface area contributed by atoms with E-state index < -0.39 is 0 Å². The third kappa shape index (κ3) is 4.48. The molecule has 29 heavy (non-hydrogen) atoms. The fraction of sp³-hybridized carbons (Fsp3) is 0.158. The SMILES string of the molecule is Cc1nc2ncc(Br)cc2[nH]1.Cc1nc2ncc(Br)cc2n1Cc1ncccn1. The molecular formula is C19H16Br2N8. The van der Waals surface area contributed by atoms with Gasteiger partial charge >= 0.3 is 0 Å². The van der Waals surface area contributed by atoms with Gasteiger partial charge in [-0.15, -0.1) is 0 Å². The Balaban J connectivity index is 0.000000159. The lowest BCUT2D eigenvalue weighted by Crippen LogP contribution is -2.05. The lowest BCUT2D eigenvalue weighted by atomic mass is 10.4. The summed E-state index contributed by atoms with van der Waals surface area (Å²) in [5, 5.41) is 0. The predicted molar refractivity (Wildman–Crippen MR) is 117 cm³/mol. The van der Waals surface area contributed by atoms with Crippen LogP contribution in [0.1, 0.15) is 17.5 Å². The number of fused-ring (bicyclic) bond motifs is 2. The van der Waals surface area contributed by atoms with Crippen LogP contribution in [-0.4, -0.2) is 39.5 Å². The number of hydrogen-bond donors (Lipinski definition) is 1. The van der Waals surface area contributed by atoms with Crippen LogP contribution in [0.5, 0.6) is 0 Å². The largest absolute Gasteiger partial charge is 0.341 e. The van der Waals surface area contributed by atoms with Crippen LogP contribution in [0.3, 0.4) is 0 Å². The van der Waals surface area contributed by atoms with Crippen LogP contribution in [0.2, 0.25) is 0 Å². The van der Waals surface area contributed by atoms with Gasteiger partial charge in [-0.1, -0.05) is 0 Å². The van der Waals surface area contributed by atoms with Crippen LogP contribution < -0.4 is 0 Å². The number of aromatic amines is 1. The first kappa shape index (κ1) is 19.6. The van der Waals surface area contributed by atoms with E-state index >= 15 is 0 Å². The number of nitrogens with one attached hydrogen (secondary N) is 1. The number of aryl methyl sites for hydroxylation is 2. The predicted octanol–water partition coefficient (Wildman–Crippen LogP) is 4.37. The molecule has 5 heterocycles. The molecule has 0 saturated carbocycles. The van der Waals surface area contributed by atoms with Gasteiger partial charge in [-0.25, -0.2) is 29.9 Å². The topological polar surface area (TPSA) is 98.1 Å². The zero-order valence-electron chi connectivity index (χ0n) is 15.6. The number of hydrogen-bond acceptors (Lipinski definition) is 6. The van der Waals surface area contributed by atoms with Crippen molar-refractivity contribution >= 4 is 54.2 Å². The van der Waals surface area contributed by atoms with Gasteiger partial charge in [-0.3, -0.25) is 0 Å². The zero-order valence-corrected chi connectivity index (χ0v) is 18.8. The Labute approximate surface area is 183 Å². The van der Waals surface area contributed by atoms with Crippen molar-refractivity contribution in [2.75, 3.05) is 0 Å². The Bertz CT molecular complexity index is 1280. The van der Waals surface area contributed by atoms with Gasteiger partial charge in [0.25, 0.3) is 0 Å². The number of halogens is 2. The molecule has 5 aromatic heterocycles. The van der Waals surface area contributed by atoms with E-state index in [1.54, 1.807) is 30.9 Å². The van der Waals surface area contributed by atoms with Gasteiger partial charge in [-0.2, -0.15) is 0 Å². The van der Waals surface area contributed by atoms with Gasteiger partial charge in [0, 0.05) is 33.7 Å². The van der Waals surface area contributed by atoms with Crippen molar-refractivity contribution in [2.24, 2.45) is 0 Å². The van der Waals surface area contributed by atoms with E-state index in [1.165, 1.54) is 0 Å². The van der Waals surface area contributed by atoms with Crippen molar-refractivity contribution in [2.45, 2.75) is 20.4 Å². The van der Waals surface area contributed by atoms with Gasteiger partial charge in [0.05, 0.1) is 17.6 Å². The number of aromatic nitrogens is 8. The van der Waals surface area contributed by atoms with Gasteiger partial charge < -0.3 is 9.55 Å². The minimum Gasteiger partial charge on any atom is -0.341 e. The highest BCUT2D eigenvalue weighted by atomic mass is 79.9. The minimum atomic E-state index is 0.599. The Morgan fingerprint density at radius 1 is 0.897 bits per heavy atom. The molecule has 0 bridgehead atoms. The van der Waals surface area contributed by atoms with Crippen molar-refractivity contribution in [3.05, 3.63) is 69.4 Å². The van der Waals surface area contributed by atoms with Crippen molar-refractivity contribution in [1.29, 1.82) is 0 Å². The van der Waals surface area contributed by atoms with Crippen LogP contribution in [0.25, 0.3) is 22.3 Å². The molecule has 1 N–H and O–H groups in total. The molecule has 8 nitrogen and oxygen atoms in total. The smallest absolute Gasteiger partial charge is 0.177 e. The summed E-state index contributed by atoms with van der Waals surface area (Å²) in [4.78, 5) is 28.5. The van der Waals surface area contributed by atoms with Crippen molar-refractivity contribution < 1.29 is 0 Å². The maximum atomic E-state index is 4.43. The monoisotopic (exact) mass is 514 g/mol. The first-order chi connectivity index (χ1) is 14.0. The molecule has 0 amide bonds. The second-order valence-corrected chi connectivity index (χ2v) is 8.08. The minimum absolute atomic E-state index is 0.599. The Kier molecular flexibility index (Phi) is 5.63. The van der Waals surface area contributed by atoms with Gasteiger partial charge in [-0.05, 0) is 63.9 Å². The number of nitrogens with zero attached hydrogens (tertiary/aromatic N) is 7. The summed E-state index contributed by atoms with van der Waals surface area (Å²) in [5.74, 6) is 2.56. The van der Waals surface area contributed by atoms with Crippen molar-refractivity contribution in [3.63, 3.8) is 0 Å². The molecule has 0 aliphatic heterocycles. The summed E-state index contributed by atoms with van der Waals surface area (Å²) in [6, 6.07) is 5.77. The third-order valence-corrected chi connectivity index (χ3v) is 4.97. The van der Waals surface area contributed by atoms with Crippen LogP contribution in [0.4, 0.5) is 0 Å². The van der Waals surface area contributed by atoms with E-state index in [0.29, 0.717) is 6.54 Å². The average Bonchev–Trinajstić information content (AvgIpc) is 3.21. The van der Waals surface area contributed by atoms with E-state index in [1.807, 2.05) is 26.0 Å². The van der Waals surface area contributed by atoms with E-state index in [4.69, 9.17) is 0 Å². The fourth-order valence-corrected chi connectivity index (χ4v) is 3.49. The highest BCUT2D eigenvalue weighted by molar-refractivity contribution is 9.10. The van der Waals surface area contributed by atoms with E-state index in [0.717, 1.165) is 48.7 Å². The molecule has 146 valence electrons. The van der Waals surface area contributed by atoms with Crippen LogP contribution >= 0.6 is 31.9 Å². The third-order valence-electron chi connectivity index (χ3n) is 4.10. The number of H-pyrrole nitrogens is 1. The Hall–Kier alpha value is -2.72. The molecule has 0 aromatic carbocycles. The average molecular weight is 516 g/mol. The first-order valence-electron chi connectivity index (χ1n) is 8.72. The standard InChI is InChI=1S/C12H10BrN5.C7H6BrN3/c1-8-17-12-10(5-9(13)6-16-12)18(8)7-11-14-3-2-4-15-11;1-4-10-6-2-5(8)3-9-7(6)11-4/h2-6H,7H2,1H3;2-3H,1H3,(H,9,10,11). The van der Waals surface area contributed by atoms with E-state index in [2.05, 4.69) is 71.3 Å². The Morgan fingerprint density at radius 3 is 2.34 bits per heavy atom. The lowest BCUT2D eigenvalue weighted by molar-refractivity contribution is 0.736. The van der Waals surface area contributed by atoms with E-state index in [9.17, 15) is 0 Å². The maximum absolute atomic E-state index is 4.43. The van der Waals surface area contributed by atoms with Crippen molar-refractivity contribution in [1.82, 2.24) is 39.5 Å². The molecule has 0 spiro atoms. The number of imidazole rings is 2. The fourth-order valence-electron chi connectivity index (χ4n) is 2.84. The molecule has 0 unspecified atom stereocenters. The molecule has 0 saturated heterocycles. The molecule has 0 fully saturated rings. The summed E-state index contributed by atoms with van der Waals surface area (Å²) in [6.45, 7) is 4.47. The second kappa shape index (κ2) is 8.34. The molecule has 5 rings (SSSR count). The summed E-state index contributed by atoms with van der Waals surface area (Å²) in [6.07, 6.45) is 6.97. The van der Waals surface area contributed by atoms with Crippen LogP contribution in [0.15, 0.2) is 51.9 Å². The summed E-state index contributed by atoms with van der Waals surface area (Å²) < 4.78 is 3.96. The molecule has 0 atom stereocenters. The number of rotatable bonds is 2. The molecule has 0 radical (unpaired) electrons. The molecular weight excluding hydrogens is 500 g/mol. The summed E-state index contributed by atoms with van der Waals surface area (Å²) in [7, 11) is 0. The summed E-state index contributed by atoms with van der Waals surface area (Å²) >= 11 is 6.76. The Morgan fingerprint density at radius 2 is 1.59 bits per heavy atom. The van der Waals surface area contributed by atoms with Gasteiger partial charge in [0.15, 0.2) is 11.3 Å². The van der Waals surface area contributed by atoms with Crippen LogP contribution in [0, 0.1) is 13.8 Å². The van der Waals surface area contributed by atoms with Gasteiger partial charge in [0.1, 0.15) is 17.5 Å². The highest BCUT2D eigenvalue weighted by Gasteiger charge is 2.10. The van der Waals surface area contributed by atoms with Crippen LogP contribution in [-0.2, 0) is 6.54 Å².